The minimum atomic E-state index is 0.152. The number of hydrogen-bond acceptors (Lipinski definition) is 4. The summed E-state index contributed by atoms with van der Waals surface area (Å²) >= 11 is 6.15. The van der Waals surface area contributed by atoms with Gasteiger partial charge in [-0.25, -0.2) is 0 Å². The van der Waals surface area contributed by atoms with Crippen molar-refractivity contribution in [3.63, 3.8) is 0 Å². The number of rotatable bonds is 1. The van der Waals surface area contributed by atoms with Crippen molar-refractivity contribution in [2.45, 2.75) is 39.2 Å². The molecule has 96 valence electrons. The third-order valence-corrected chi connectivity index (χ3v) is 4.13. The van der Waals surface area contributed by atoms with Crippen LogP contribution in [-0.4, -0.2) is 32.5 Å². The standard InChI is InChI=1S/C12H15ClN4O/c1-6-7(2)11-14-15-12(17(11)16-10(6)13)9-4-5-18-8(9)3/h8-9H,4-5H2,1-3H3. The van der Waals surface area contributed by atoms with Gasteiger partial charge in [-0.05, 0) is 32.8 Å². The molecule has 2 aromatic heterocycles. The van der Waals surface area contributed by atoms with Crippen molar-refractivity contribution in [2.75, 3.05) is 6.61 Å². The van der Waals surface area contributed by atoms with Crippen LogP contribution < -0.4 is 0 Å². The summed E-state index contributed by atoms with van der Waals surface area (Å²) in [7, 11) is 0. The number of aryl methyl sites for hydroxylation is 1. The second-order valence-corrected chi connectivity index (χ2v) is 5.16. The highest BCUT2D eigenvalue weighted by Gasteiger charge is 2.31. The Morgan fingerprint density at radius 3 is 2.72 bits per heavy atom. The topological polar surface area (TPSA) is 52.3 Å². The maximum Gasteiger partial charge on any atom is 0.181 e. The number of fused-ring (bicyclic) bond motifs is 1. The zero-order valence-electron chi connectivity index (χ0n) is 10.6. The number of aromatic nitrogens is 4. The molecule has 1 saturated heterocycles. The Morgan fingerprint density at radius 1 is 1.28 bits per heavy atom. The lowest BCUT2D eigenvalue weighted by molar-refractivity contribution is 0.117. The third-order valence-electron chi connectivity index (χ3n) is 3.77. The molecule has 0 N–H and O–H groups in total. The quantitative estimate of drug-likeness (QED) is 0.795. The molecule has 18 heavy (non-hydrogen) atoms. The van der Waals surface area contributed by atoms with Gasteiger partial charge in [-0.2, -0.15) is 9.61 Å². The molecule has 6 heteroatoms. The van der Waals surface area contributed by atoms with E-state index in [-0.39, 0.29) is 12.0 Å². The average molecular weight is 267 g/mol. The second-order valence-electron chi connectivity index (χ2n) is 4.81. The zero-order valence-corrected chi connectivity index (χ0v) is 11.4. The summed E-state index contributed by atoms with van der Waals surface area (Å²) in [5.41, 5.74) is 2.77. The van der Waals surface area contributed by atoms with Gasteiger partial charge in [0.2, 0.25) is 0 Å². The van der Waals surface area contributed by atoms with Crippen LogP contribution in [0, 0.1) is 13.8 Å². The van der Waals surface area contributed by atoms with Crippen LogP contribution in [0.25, 0.3) is 5.65 Å². The van der Waals surface area contributed by atoms with Crippen LogP contribution in [0.2, 0.25) is 5.15 Å². The van der Waals surface area contributed by atoms with Crippen LogP contribution in [0.4, 0.5) is 0 Å². The molecule has 0 aliphatic carbocycles. The number of nitrogens with zero attached hydrogens (tertiary/aromatic N) is 4. The molecule has 1 fully saturated rings. The molecule has 0 spiro atoms. The van der Waals surface area contributed by atoms with E-state index in [2.05, 4.69) is 22.2 Å². The Balaban J connectivity index is 2.20. The summed E-state index contributed by atoms with van der Waals surface area (Å²) in [5, 5.41) is 13.4. The Labute approximate surface area is 110 Å². The summed E-state index contributed by atoms with van der Waals surface area (Å²) in [4.78, 5) is 0. The van der Waals surface area contributed by atoms with Crippen molar-refractivity contribution in [2.24, 2.45) is 0 Å². The normalized spacial score (nSPS) is 24.0. The van der Waals surface area contributed by atoms with Gasteiger partial charge in [0.25, 0.3) is 0 Å². The fraction of sp³-hybridized carbons (Fsp3) is 0.583. The van der Waals surface area contributed by atoms with Crippen LogP contribution in [0.15, 0.2) is 0 Å². The fourth-order valence-electron chi connectivity index (χ4n) is 2.41. The number of halogens is 1. The van der Waals surface area contributed by atoms with Gasteiger partial charge in [0.15, 0.2) is 16.6 Å². The van der Waals surface area contributed by atoms with E-state index >= 15 is 0 Å². The summed E-state index contributed by atoms with van der Waals surface area (Å²) in [6, 6.07) is 0. The first-order valence-electron chi connectivity index (χ1n) is 6.09. The summed E-state index contributed by atoms with van der Waals surface area (Å²) in [6.45, 7) is 6.76. The smallest absolute Gasteiger partial charge is 0.181 e. The molecule has 1 aliphatic rings. The molecular weight excluding hydrogens is 252 g/mol. The third kappa shape index (κ3) is 1.61. The van der Waals surface area contributed by atoms with Crippen molar-refractivity contribution in [3.8, 4) is 0 Å². The van der Waals surface area contributed by atoms with Crippen LogP contribution in [0.3, 0.4) is 0 Å². The summed E-state index contributed by atoms with van der Waals surface area (Å²) in [6.07, 6.45) is 1.10. The molecule has 0 amide bonds. The Morgan fingerprint density at radius 2 is 2.06 bits per heavy atom. The number of hydrogen-bond donors (Lipinski definition) is 0. The Hall–Kier alpha value is -1.20. The molecule has 2 aromatic rings. The van der Waals surface area contributed by atoms with Gasteiger partial charge < -0.3 is 4.74 Å². The Kier molecular flexibility index (Phi) is 2.75. The molecule has 2 atom stereocenters. The van der Waals surface area contributed by atoms with Gasteiger partial charge in [0.05, 0.1) is 6.10 Å². The van der Waals surface area contributed by atoms with E-state index in [1.807, 2.05) is 13.8 Å². The van der Waals surface area contributed by atoms with E-state index in [0.717, 1.165) is 35.6 Å². The monoisotopic (exact) mass is 266 g/mol. The molecule has 1 aliphatic heterocycles. The largest absolute Gasteiger partial charge is 0.378 e. The highest BCUT2D eigenvalue weighted by atomic mass is 35.5. The van der Waals surface area contributed by atoms with E-state index in [1.165, 1.54) is 0 Å². The lowest BCUT2D eigenvalue weighted by atomic mass is 10.0. The molecule has 3 heterocycles. The van der Waals surface area contributed by atoms with Crippen LogP contribution in [-0.2, 0) is 4.74 Å². The molecule has 0 radical (unpaired) electrons. The van der Waals surface area contributed by atoms with Crippen LogP contribution in [0.5, 0.6) is 0 Å². The van der Waals surface area contributed by atoms with Crippen molar-refractivity contribution in [3.05, 3.63) is 22.1 Å². The maximum absolute atomic E-state index is 6.15. The minimum absolute atomic E-state index is 0.152. The zero-order chi connectivity index (χ0) is 12.9. The molecule has 0 saturated carbocycles. The van der Waals surface area contributed by atoms with Gasteiger partial charge in [0, 0.05) is 18.1 Å². The van der Waals surface area contributed by atoms with E-state index in [4.69, 9.17) is 16.3 Å². The SMILES string of the molecule is Cc1c(Cl)nn2c(C3CCOC3C)nnc2c1C. The summed E-state index contributed by atoms with van der Waals surface area (Å²) < 4.78 is 7.34. The molecule has 5 nitrogen and oxygen atoms in total. The van der Waals surface area contributed by atoms with Gasteiger partial charge >= 0.3 is 0 Å². The van der Waals surface area contributed by atoms with Gasteiger partial charge in [-0.1, -0.05) is 11.6 Å². The van der Waals surface area contributed by atoms with Crippen molar-refractivity contribution in [1.82, 2.24) is 19.8 Å². The van der Waals surface area contributed by atoms with Crippen LogP contribution >= 0.6 is 11.6 Å². The lowest BCUT2D eigenvalue weighted by Gasteiger charge is -2.12. The van der Waals surface area contributed by atoms with Crippen molar-refractivity contribution < 1.29 is 4.74 Å². The molecular formula is C12H15ClN4O. The predicted octanol–water partition coefficient (Wildman–Crippen LogP) is 2.29. The predicted molar refractivity (Wildman–Crippen MR) is 68.0 cm³/mol. The van der Waals surface area contributed by atoms with Gasteiger partial charge in [-0.3, -0.25) is 0 Å². The van der Waals surface area contributed by atoms with E-state index in [9.17, 15) is 0 Å². The average Bonchev–Trinajstić information content (AvgIpc) is 2.92. The molecule has 2 unspecified atom stereocenters. The highest BCUT2D eigenvalue weighted by molar-refractivity contribution is 6.30. The fourth-order valence-corrected chi connectivity index (χ4v) is 2.63. The second kappa shape index (κ2) is 4.17. The van der Waals surface area contributed by atoms with Gasteiger partial charge in [0.1, 0.15) is 0 Å². The number of ether oxygens (including phenoxy) is 1. The summed E-state index contributed by atoms with van der Waals surface area (Å²) in [5.74, 6) is 1.09. The first kappa shape index (κ1) is 11.9. The van der Waals surface area contributed by atoms with E-state index < -0.39 is 0 Å². The van der Waals surface area contributed by atoms with Crippen LogP contribution in [0.1, 0.15) is 36.2 Å². The first-order chi connectivity index (χ1) is 8.59. The minimum Gasteiger partial charge on any atom is -0.378 e. The molecule has 3 rings (SSSR count). The lowest BCUT2D eigenvalue weighted by Crippen LogP contribution is -2.14. The Bertz CT molecular complexity index is 610. The van der Waals surface area contributed by atoms with E-state index in [1.54, 1.807) is 4.52 Å². The van der Waals surface area contributed by atoms with Crippen molar-refractivity contribution in [1.29, 1.82) is 0 Å². The maximum atomic E-state index is 6.15. The first-order valence-corrected chi connectivity index (χ1v) is 6.47. The van der Waals surface area contributed by atoms with Crippen molar-refractivity contribution >= 4 is 17.2 Å². The van der Waals surface area contributed by atoms with Gasteiger partial charge in [-0.15, -0.1) is 10.2 Å². The molecule has 0 aromatic carbocycles. The van der Waals surface area contributed by atoms with E-state index in [0.29, 0.717) is 5.15 Å². The molecule has 0 bridgehead atoms. The highest BCUT2D eigenvalue weighted by Crippen LogP contribution is 2.31.